The van der Waals surface area contributed by atoms with E-state index in [1.54, 1.807) is 23.0 Å². The lowest BCUT2D eigenvalue weighted by molar-refractivity contribution is -0.104. The number of hydrogen-bond donors (Lipinski definition) is 0. The number of ether oxygens (including phenoxy) is 3. The number of benzene rings is 1. The SMILES string of the molecule is COc1c(C)c2c(c(OCCSI)c1C/C=C(\C)C=O)C(C)OC2. The molecular weight excluding hydrogens is 439 g/mol. The molecule has 0 aromatic heterocycles. The minimum Gasteiger partial charge on any atom is -0.496 e. The quantitative estimate of drug-likeness (QED) is 0.242. The van der Waals surface area contributed by atoms with Crippen LogP contribution >= 0.6 is 30.1 Å². The number of rotatable bonds is 8. The molecule has 24 heavy (non-hydrogen) atoms. The highest BCUT2D eigenvalue weighted by Gasteiger charge is 2.31. The van der Waals surface area contributed by atoms with E-state index in [0.29, 0.717) is 25.2 Å². The number of fused-ring (bicyclic) bond motifs is 1. The summed E-state index contributed by atoms with van der Waals surface area (Å²) in [6, 6.07) is 0. The third-order valence-corrected chi connectivity index (χ3v) is 5.86. The zero-order valence-corrected chi connectivity index (χ0v) is 17.5. The van der Waals surface area contributed by atoms with Crippen LogP contribution in [0.2, 0.25) is 0 Å². The Balaban J connectivity index is 2.57. The maximum atomic E-state index is 10.9. The van der Waals surface area contributed by atoms with Crippen molar-refractivity contribution >= 4 is 36.4 Å². The molecule has 132 valence electrons. The van der Waals surface area contributed by atoms with Gasteiger partial charge in [-0.25, -0.2) is 0 Å². The largest absolute Gasteiger partial charge is 0.496 e. The Labute approximate surface area is 159 Å². The number of halogens is 1. The van der Waals surface area contributed by atoms with E-state index in [-0.39, 0.29) is 6.10 Å². The fourth-order valence-corrected chi connectivity index (χ4v) is 3.67. The Morgan fingerprint density at radius 1 is 1.46 bits per heavy atom. The van der Waals surface area contributed by atoms with Gasteiger partial charge in [-0.2, -0.15) is 0 Å². The van der Waals surface area contributed by atoms with Gasteiger partial charge >= 0.3 is 0 Å². The highest BCUT2D eigenvalue weighted by atomic mass is 127. The van der Waals surface area contributed by atoms with Crippen molar-refractivity contribution in [1.29, 1.82) is 0 Å². The van der Waals surface area contributed by atoms with Crippen LogP contribution in [0.1, 0.15) is 42.2 Å². The maximum absolute atomic E-state index is 10.9. The smallest absolute Gasteiger partial charge is 0.145 e. The molecule has 0 N–H and O–H groups in total. The average Bonchev–Trinajstić information content (AvgIpc) is 2.97. The Bertz CT molecular complexity index is 643. The minimum absolute atomic E-state index is 0.00163. The minimum atomic E-state index is 0.00163. The first-order valence-corrected chi connectivity index (χ1v) is 11.4. The summed E-state index contributed by atoms with van der Waals surface area (Å²) in [6.45, 7) is 7.12. The number of aldehydes is 1. The maximum Gasteiger partial charge on any atom is 0.145 e. The number of allylic oxidation sites excluding steroid dienone is 2. The van der Waals surface area contributed by atoms with Gasteiger partial charge in [0.15, 0.2) is 0 Å². The van der Waals surface area contributed by atoms with Gasteiger partial charge in [0.05, 0.1) is 26.4 Å². The third-order valence-electron chi connectivity index (χ3n) is 4.22. The second kappa shape index (κ2) is 9.10. The van der Waals surface area contributed by atoms with Gasteiger partial charge in [0, 0.05) is 16.9 Å². The van der Waals surface area contributed by atoms with Crippen LogP contribution in [0.3, 0.4) is 0 Å². The molecule has 0 spiro atoms. The summed E-state index contributed by atoms with van der Waals surface area (Å²) in [5.41, 5.74) is 5.08. The second-order valence-electron chi connectivity index (χ2n) is 5.74. The molecule has 4 nitrogen and oxygen atoms in total. The summed E-state index contributed by atoms with van der Waals surface area (Å²) in [5, 5.41) is 0. The molecule has 1 aromatic carbocycles. The van der Waals surface area contributed by atoms with Crippen LogP contribution in [0.5, 0.6) is 11.5 Å². The summed E-state index contributed by atoms with van der Waals surface area (Å²) < 4.78 is 17.7. The first-order valence-electron chi connectivity index (χ1n) is 7.87. The highest BCUT2D eigenvalue weighted by Crippen LogP contribution is 2.47. The zero-order valence-electron chi connectivity index (χ0n) is 14.5. The molecular formula is C18H23IO4S. The lowest BCUT2D eigenvalue weighted by Crippen LogP contribution is -2.09. The summed E-state index contributed by atoms with van der Waals surface area (Å²) in [5.74, 6) is 2.60. The fourth-order valence-electron chi connectivity index (χ4n) is 2.99. The number of carbonyl (C=O) groups excluding carboxylic acids is 1. The first-order chi connectivity index (χ1) is 11.5. The Morgan fingerprint density at radius 2 is 2.21 bits per heavy atom. The van der Waals surface area contributed by atoms with Gasteiger partial charge < -0.3 is 14.2 Å². The molecule has 1 heterocycles. The molecule has 0 saturated carbocycles. The van der Waals surface area contributed by atoms with Crippen molar-refractivity contribution in [2.45, 2.75) is 39.9 Å². The summed E-state index contributed by atoms with van der Waals surface area (Å²) in [4.78, 5) is 10.9. The second-order valence-corrected chi connectivity index (χ2v) is 8.24. The van der Waals surface area contributed by atoms with Crippen molar-refractivity contribution in [2.75, 3.05) is 19.5 Å². The Hall–Kier alpha value is -0.730. The summed E-state index contributed by atoms with van der Waals surface area (Å²) in [6.07, 6.45) is 3.38. The van der Waals surface area contributed by atoms with Crippen LogP contribution in [-0.4, -0.2) is 25.8 Å². The molecule has 0 amide bonds. The van der Waals surface area contributed by atoms with Crippen LogP contribution in [0.4, 0.5) is 0 Å². The van der Waals surface area contributed by atoms with E-state index in [0.717, 1.165) is 45.8 Å². The van der Waals surface area contributed by atoms with Crippen molar-refractivity contribution in [3.05, 3.63) is 33.9 Å². The van der Waals surface area contributed by atoms with Gasteiger partial charge in [-0.3, -0.25) is 4.79 Å². The molecule has 1 aliphatic heterocycles. The molecule has 0 bridgehead atoms. The van der Waals surface area contributed by atoms with E-state index < -0.39 is 0 Å². The lowest BCUT2D eigenvalue weighted by Gasteiger charge is -2.21. The predicted octanol–water partition coefficient (Wildman–Crippen LogP) is 4.74. The van der Waals surface area contributed by atoms with Crippen molar-refractivity contribution in [3.63, 3.8) is 0 Å². The molecule has 0 saturated heterocycles. The predicted molar refractivity (Wildman–Crippen MR) is 106 cm³/mol. The van der Waals surface area contributed by atoms with Gasteiger partial charge in [0.2, 0.25) is 0 Å². The summed E-state index contributed by atoms with van der Waals surface area (Å²) >= 11 is 2.27. The van der Waals surface area contributed by atoms with Crippen molar-refractivity contribution in [1.82, 2.24) is 0 Å². The molecule has 1 aromatic rings. The third kappa shape index (κ3) is 4.08. The standard InChI is InChI=1S/C18H23IO4S/c1-11(9-20)5-6-14-17(21-4)12(2)15-10-23-13(3)16(15)18(14)22-7-8-24-19/h5,9,13H,6-8,10H2,1-4H3/b11-5+. The van der Waals surface area contributed by atoms with Gasteiger partial charge in [0.1, 0.15) is 17.8 Å². The number of hydrogen-bond acceptors (Lipinski definition) is 5. The zero-order chi connectivity index (χ0) is 17.7. The van der Waals surface area contributed by atoms with Crippen LogP contribution in [0, 0.1) is 6.92 Å². The van der Waals surface area contributed by atoms with E-state index in [4.69, 9.17) is 14.2 Å². The topological polar surface area (TPSA) is 44.8 Å². The van der Waals surface area contributed by atoms with Crippen LogP contribution < -0.4 is 9.47 Å². The van der Waals surface area contributed by atoms with Crippen LogP contribution in [0.15, 0.2) is 11.6 Å². The monoisotopic (exact) mass is 462 g/mol. The fraction of sp³-hybridized carbons (Fsp3) is 0.500. The van der Waals surface area contributed by atoms with E-state index in [1.165, 1.54) is 0 Å². The van der Waals surface area contributed by atoms with Gasteiger partial charge in [-0.15, -0.1) is 0 Å². The molecule has 1 unspecified atom stereocenters. The van der Waals surface area contributed by atoms with Crippen LogP contribution in [0.25, 0.3) is 0 Å². The molecule has 0 fully saturated rings. The first kappa shape index (κ1) is 19.6. The van der Waals surface area contributed by atoms with Gasteiger partial charge in [-0.1, -0.05) is 15.0 Å². The molecule has 1 aliphatic rings. The Kier molecular flexibility index (Phi) is 7.43. The van der Waals surface area contributed by atoms with Crippen molar-refractivity contribution in [2.24, 2.45) is 0 Å². The van der Waals surface area contributed by atoms with E-state index in [1.807, 2.05) is 13.0 Å². The molecule has 2 rings (SSSR count). The lowest BCUT2D eigenvalue weighted by atomic mass is 9.93. The number of carbonyl (C=O) groups is 1. The van der Waals surface area contributed by atoms with Crippen molar-refractivity contribution in [3.8, 4) is 11.5 Å². The average molecular weight is 462 g/mol. The van der Waals surface area contributed by atoms with Crippen LogP contribution in [-0.2, 0) is 22.6 Å². The summed E-state index contributed by atoms with van der Waals surface area (Å²) in [7, 11) is 3.40. The molecule has 6 heteroatoms. The van der Waals surface area contributed by atoms with E-state index in [2.05, 4.69) is 28.1 Å². The highest BCUT2D eigenvalue weighted by molar-refractivity contribution is 14.2. The molecule has 0 radical (unpaired) electrons. The van der Waals surface area contributed by atoms with Gasteiger partial charge in [0.25, 0.3) is 0 Å². The molecule has 0 aliphatic carbocycles. The number of methoxy groups -OCH3 is 1. The van der Waals surface area contributed by atoms with Crippen molar-refractivity contribution < 1.29 is 19.0 Å². The Morgan fingerprint density at radius 3 is 2.83 bits per heavy atom. The van der Waals surface area contributed by atoms with Gasteiger partial charge in [-0.05, 0) is 65.1 Å². The van der Waals surface area contributed by atoms with E-state index in [9.17, 15) is 4.79 Å². The normalized spacial score (nSPS) is 16.9. The molecule has 1 atom stereocenters. The van der Waals surface area contributed by atoms with E-state index >= 15 is 0 Å².